The molecule has 0 N–H and O–H groups in total. The summed E-state index contributed by atoms with van der Waals surface area (Å²) in [6.07, 6.45) is 1.34. The van der Waals surface area contributed by atoms with Gasteiger partial charge in [-0.05, 0) is 37.5 Å². The van der Waals surface area contributed by atoms with Crippen LogP contribution in [-0.4, -0.2) is 56.8 Å². The van der Waals surface area contributed by atoms with Gasteiger partial charge in [0, 0.05) is 43.1 Å². The summed E-state index contributed by atoms with van der Waals surface area (Å²) in [5.41, 5.74) is 1.79. The van der Waals surface area contributed by atoms with E-state index in [2.05, 4.69) is 0 Å². The summed E-state index contributed by atoms with van der Waals surface area (Å²) < 4.78 is 0. The van der Waals surface area contributed by atoms with Crippen molar-refractivity contribution in [3.8, 4) is 0 Å². The summed E-state index contributed by atoms with van der Waals surface area (Å²) in [5, 5.41) is 11.0. The Morgan fingerprint density at radius 3 is 2.42 bits per heavy atom. The van der Waals surface area contributed by atoms with E-state index in [1.807, 2.05) is 36.1 Å². The lowest BCUT2D eigenvalue weighted by molar-refractivity contribution is -0.384. The van der Waals surface area contributed by atoms with Crippen molar-refractivity contribution in [1.82, 2.24) is 9.80 Å². The fraction of sp³-hybridized carbons (Fsp3) is 0.364. The van der Waals surface area contributed by atoms with Gasteiger partial charge in [-0.2, -0.15) is 0 Å². The zero-order chi connectivity index (χ0) is 22.2. The number of non-ortho nitro benzene ring substituents is 1. The van der Waals surface area contributed by atoms with Crippen molar-refractivity contribution in [3.05, 3.63) is 74.3 Å². The number of nitro benzene ring substituents is 1. The summed E-state index contributed by atoms with van der Waals surface area (Å²) in [6, 6.07) is 11.5. The quantitative estimate of drug-likeness (QED) is 0.502. The van der Waals surface area contributed by atoms with Crippen molar-refractivity contribution < 1.29 is 14.5 Å². The monoisotopic (exact) mass is 459 g/mol. The molecule has 2 heterocycles. The second-order valence-corrected chi connectivity index (χ2v) is 9.64. The molecule has 2 amide bonds. The fourth-order valence-corrected chi connectivity index (χ4v) is 6.00. The van der Waals surface area contributed by atoms with Gasteiger partial charge in [-0.3, -0.25) is 19.7 Å². The number of piperidine rings is 1. The molecule has 7 nitrogen and oxygen atoms in total. The number of hydrogen-bond donors (Lipinski definition) is 0. The lowest BCUT2D eigenvalue weighted by atomic mass is 9.99. The third-order valence-electron chi connectivity index (χ3n) is 6.02. The molecule has 31 heavy (non-hydrogen) atoms. The van der Waals surface area contributed by atoms with Crippen LogP contribution < -0.4 is 0 Å². The molecule has 1 spiro atoms. The predicted molar refractivity (Wildman–Crippen MR) is 121 cm³/mol. The highest BCUT2D eigenvalue weighted by Gasteiger charge is 2.47. The molecule has 4 rings (SSSR count). The van der Waals surface area contributed by atoms with Gasteiger partial charge in [0.2, 0.25) is 0 Å². The van der Waals surface area contributed by atoms with E-state index < -0.39 is 4.92 Å². The SMILES string of the molecule is Cc1ccccc1C(=O)N1CCSC12CCN(C(=O)c1ccc([N+](=O)[O-])cc1Cl)CC2. The number of aryl methyl sites for hydroxylation is 1. The highest BCUT2D eigenvalue weighted by Crippen LogP contribution is 2.45. The predicted octanol–water partition coefficient (Wildman–Crippen LogP) is 4.38. The molecule has 2 fully saturated rings. The second-order valence-electron chi connectivity index (χ2n) is 7.78. The van der Waals surface area contributed by atoms with Gasteiger partial charge in [0.15, 0.2) is 0 Å². The zero-order valence-corrected chi connectivity index (χ0v) is 18.6. The lowest BCUT2D eigenvalue weighted by Gasteiger charge is -2.44. The molecule has 2 aliphatic heterocycles. The maximum atomic E-state index is 13.3. The molecule has 2 aromatic carbocycles. The molecule has 0 saturated carbocycles. The highest BCUT2D eigenvalue weighted by molar-refractivity contribution is 8.00. The van der Waals surface area contributed by atoms with Crippen molar-refractivity contribution in [2.75, 3.05) is 25.4 Å². The molecule has 2 saturated heterocycles. The van der Waals surface area contributed by atoms with Crippen LogP contribution in [0.5, 0.6) is 0 Å². The lowest BCUT2D eigenvalue weighted by Crippen LogP contribution is -2.53. The van der Waals surface area contributed by atoms with Crippen LogP contribution in [0.3, 0.4) is 0 Å². The van der Waals surface area contributed by atoms with Crippen molar-refractivity contribution in [1.29, 1.82) is 0 Å². The Hall–Kier alpha value is -2.58. The van der Waals surface area contributed by atoms with Gasteiger partial charge in [-0.25, -0.2) is 0 Å². The first-order valence-electron chi connectivity index (χ1n) is 10.1. The van der Waals surface area contributed by atoms with Crippen molar-refractivity contribution in [2.24, 2.45) is 0 Å². The molecule has 162 valence electrons. The van der Waals surface area contributed by atoms with Gasteiger partial charge in [0.05, 0.1) is 20.4 Å². The molecule has 0 aliphatic carbocycles. The molecule has 0 radical (unpaired) electrons. The van der Waals surface area contributed by atoms with Crippen LogP contribution in [0.4, 0.5) is 5.69 Å². The van der Waals surface area contributed by atoms with Gasteiger partial charge < -0.3 is 9.80 Å². The maximum Gasteiger partial charge on any atom is 0.270 e. The summed E-state index contributed by atoms with van der Waals surface area (Å²) in [6.45, 7) is 3.63. The number of carbonyl (C=O) groups is 2. The maximum absolute atomic E-state index is 13.3. The average molecular weight is 460 g/mol. The smallest absolute Gasteiger partial charge is 0.270 e. The number of likely N-dealkylation sites (tertiary alicyclic amines) is 1. The number of amides is 2. The minimum Gasteiger partial charge on any atom is -0.338 e. The van der Waals surface area contributed by atoms with E-state index >= 15 is 0 Å². The van der Waals surface area contributed by atoms with E-state index in [4.69, 9.17) is 11.6 Å². The van der Waals surface area contributed by atoms with Gasteiger partial charge >= 0.3 is 0 Å². The van der Waals surface area contributed by atoms with Crippen molar-refractivity contribution in [2.45, 2.75) is 24.6 Å². The molecule has 0 atom stereocenters. The van der Waals surface area contributed by atoms with Gasteiger partial charge in [0.1, 0.15) is 0 Å². The summed E-state index contributed by atoms with van der Waals surface area (Å²) in [7, 11) is 0. The summed E-state index contributed by atoms with van der Waals surface area (Å²) >= 11 is 7.93. The first-order chi connectivity index (χ1) is 14.8. The Morgan fingerprint density at radius 2 is 1.77 bits per heavy atom. The minimum absolute atomic E-state index is 0.0429. The molecule has 0 bridgehead atoms. The second kappa shape index (κ2) is 8.51. The molecule has 0 aromatic heterocycles. The van der Waals surface area contributed by atoms with E-state index in [-0.39, 0.29) is 33.0 Å². The Bertz CT molecular complexity index is 1050. The molecule has 0 unspecified atom stereocenters. The zero-order valence-electron chi connectivity index (χ0n) is 17.0. The van der Waals surface area contributed by atoms with Crippen LogP contribution >= 0.6 is 23.4 Å². The minimum atomic E-state index is -0.540. The molecular weight excluding hydrogens is 438 g/mol. The largest absolute Gasteiger partial charge is 0.338 e. The van der Waals surface area contributed by atoms with E-state index in [0.717, 1.165) is 16.9 Å². The number of carbonyl (C=O) groups excluding carboxylic acids is 2. The third-order valence-corrected chi connectivity index (χ3v) is 7.89. The first kappa shape index (κ1) is 21.6. The van der Waals surface area contributed by atoms with Crippen molar-refractivity contribution in [3.63, 3.8) is 0 Å². The van der Waals surface area contributed by atoms with Crippen LogP contribution in [0.2, 0.25) is 5.02 Å². The normalized spacial score (nSPS) is 17.7. The number of benzene rings is 2. The number of nitrogens with zero attached hydrogens (tertiary/aromatic N) is 3. The van der Waals surface area contributed by atoms with E-state index in [9.17, 15) is 19.7 Å². The number of thioether (sulfide) groups is 1. The number of nitro groups is 1. The van der Waals surface area contributed by atoms with Gasteiger partial charge in [-0.1, -0.05) is 29.8 Å². The molecule has 9 heteroatoms. The highest BCUT2D eigenvalue weighted by atomic mass is 35.5. The number of halogens is 1. The number of hydrogen-bond acceptors (Lipinski definition) is 5. The Kier molecular flexibility index (Phi) is 5.94. The average Bonchev–Trinajstić information content (AvgIpc) is 3.16. The molecule has 2 aromatic rings. The van der Waals surface area contributed by atoms with Crippen molar-refractivity contribution >= 4 is 40.9 Å². The molecule has 2 aliphatic rings. The van der Waals surface area contributed by atoms with E-state index in [1.165, 1.54) is 18.2 Å². The van der Waals surface area contributed by atoms with E-state index in [1.54, 1.807) is 16.7 Å². The third kappa shape index (κ3) is 4.02. The van der Waals surface area contributed by atoms with Crippen LogP contribution in [0, 0.1) is 17.0 Å². The Labute approximate surface area is 189 Å². The van der Waals surface area contributed by atoms with Crippen LogP contribution in [0.1, 0.15) is 39.1 Å². The topological polar surface area (TPSA) is 83.8 Å². The van der Waals surface area contributed by atoms with Crippen LogP contribution in [0.15, 0.2) is 42.5 Å². The first-order valence-corrected chi connectivity index (χ1v) is 11.4. The van der Waals surface area contributed by atoms with Gasteiger partial charge in [0.25, 0.3) is 17.5 Å². The van der Waals surface area contributed by atoms with Gasteiger partial charge in [-0.15, -0.1) is 11.8 Å². The summed E-state index contributed by atoms with van der Waals surface area (Å²) in [5.74, 6) is 0.676. The standard InChI is InChI=1S/C22H22ClN3O4S/c1-15-4-2-3-5-17(15)21(28)25-12-13-31-22(25)8-10-24(11-9-22)20(27)18-7-6-16(26(29)30)14-19(18)23/h2-7,14H,8-13H2,1H3. The summed E-state index contributed by atoms with van der Waals surface area (Å²) in [4.78, 5) is 40.0. The van der Waals surface area contributed by atoms with E-state index in [0.29, 0.717) is 32.5 Å². The van der Waals surface area contributed by atoms with Crippen LogP contribution in [0.25, 0.3) is 0 Å². The fourth-order valence-electron chi connectivity index (χ4n) is 4.29. The Morgan fingerprint density at radius 1 is 1.06 bits per heavy atom. The molecular formula is C22H22ClN3O4S. The number of rotatable bonds is 3. The van der Waals surface area contributed by atoms with Crippen LogP contribution in [-0.2, 0) is 0 Å². The Balaban J connectivity index is 1.48.